The highest BCUT2D eigenvalue weighted by atomic mass is 79.9. The number of halogens is 2. The van der Waals surface area contributed by atoms with Gasteiger partial charge in [-0.25, -0.2) is 9.37 Å². The Kier molecular flexibility index (Phi) is 6.06. The summed E-state index contributed by atoms with van der Waals surface area (Å²) >= 11 is 5.02. The van der Waals surface area contributed by atoms with Crippen LogP contribution in [0.2, 0.25) is 0 Å². The van der Waals surface area contributed by atoms with Crippen LogP contribution in [0.25, 0.3) is 0 Å². The summed E-state index contributed by atoms with van der Waals surface area (Å²) in [4.78, 5) is 5.37. The van der Waals surface area contributed by atoms with Gasteiger partial charge < -0.3 is 9.68 Å². The molecule has 0 saturated heterocycles. The van der Waals surface area contributed by atoms with E-state index in [0.29, 0.717) is 17.6 Å². The van der Waals surface area contributed by atoms with Gasteiger partial charge in [-0.3, -0.25) is 4.68 Å². The van der Waals surface area contributed by atoms with Crippen LogP contribution in [0.4, 0.5) is 4.39 Å². The van der Waals surface area contributed by atoms with Gasteiger partial charge in [-0.15, -0.1) is 11.3 Å². The Labute approximate surface area is 168 Å². The van der Waals surface area contributed by atoms with Crippen molar-refractivity contribution in [1.82, 2.24) is 14.8 Å². The van der Waals surface area contributed by atoms with E-state index in [4.69, 9.17) is 9.92 Å². The van der Waals surface area contributed by atoms with Crippen molar-refractivity contribution in [2.24, 2.45) is 0 Å². The van der Waals surface area contributed by atoms with Crippen LogP contribution in [-0.2, 0) is 11.2 Å². The molecule has 1 N–H and O–H groups in total. The average Bonchev–Trinajstić information content (AvgIpc) is 3.28. The zero-order chi connectivity index (χ0) is 19.6. The Morgan fingerprint density at radius 1 is 1.52 bits per heavy atom. The molecule has 3 aromatic rings. The second-order valence-corrected chi connectivity index (χ2v) is 7.93. The second kappa shape index (κ2) is 8.31. The van der Waals surface area contributed by atoms with Crippen molar-refractivity contribution in [3.05, 3.63) is 62.0 Å². The highest BCUT2D eigenvalue weighted by Gasteiger charge is 2.32. The third-order valence-corrected chi connectivity index (χ3v) is 5.78. The minimum atomic E-state index is -0.893. The van der Waals surface area contributed by atoms with Gasteiger partial charge >= 0.3 is 7.12 Å². The fraction of sp³-hybridized carbons (Fsp3) is 0.235. The molecule has 1 atom stereocenters. The van der Waals surface area contributed by atoms with Gasteiger partial charge in [-0.05, 0) is 52.9 Å². The SMILES string of the molecule is CC1OB(O)c2ccc(F)cc21.Cc1nc(Br)c(Cn2cc(C#N)cn2)s1. The molecule has 2 aromatic heterocycles. The lowest BCUT2D eigenvalue weighted by Gasteiger charge is -2.02. The van der Waals surface area contributed by atoms with E-state index in [0.717, 1.165) is 20.1 Å². The second-order valence-electron chi connectivity index (χ2n) is 5.89. The lowest BCUT2D eigenvalue weighted by atomic mass is 9.79. The molecule has 1 aliphatic rings. The Balaban J connectivity index is 0.000000159. The van der Waals surface area contributed by atoms with Crippen LogP contribution in [0, 0.1) is 24.1 Å². The first-order valence-corrected chi connectivity index (χ1v) is 9.65. The van der Waals surface area contributed by atoms with E-state index < -0.39 is 7.12 Å². The van der Waals surface area contributed by atoms with Crippen molar-refractivity contribution in [3.8, 4) is 6.07 Å². The summed E-state index contributed by atoms with van der Waals surface area (Å²) in [5, 5.41) is 23.1. The van der Waals surface area contributed by atoms with Crippen LogP contribution in [0.1, 0.15) is 34.0 Å². The number of fused-ring (bicyclic) bond motifs is 1. The molecule has 138 valence electrons. The van der Waals surface area contributed by atoms with Crippen LogP contribution in [0.15, 0.2) is 35.2 Å². The lowest BCUT2D eigenvalue weighted by molar-refractivity contribution is 0.208. The lowest BCUT2D eigenvalue weighted by Crippen LogP contribution is -2.27. The molecule has 0 fully saturated rings. The number of aryl methyl sites for hydroxylation is 1. The van der Waals surface area contributed by atoms with Crippen molar-refractivity contribution in [1.29, 1.82) is 5.26 Å². The molecule has 1 aromatic carbocycles. The van der Waals surface area contributed by atoms with Gasteiger partial charge in [-0.2, -0.15) is 10.4 Å². The molecule has 0 aliphatic carbocycles. The van der Waals surface area contributed by atoms with Gasteiger partial charge in [0.15, 0.2) is 0 Å². The van der Waals surface area contributed by atoms with E-state index in [-0.39, 0.29) is 11.9 Å². The van der Waals surface area contributed by atoms with Gasteiger partial charge in [0.05, 0.1) is 34.3 Å². The molecule has 27 heavy (non-hydrogen) atoms. The highest BCUT2D eigenvalue weighted by Crippen LogP contribution is 2.24. The number of hydrogen-bond donors (Lipinski definition) is 1. The average molecular weight is 449 g/mol. The quantitative estimate of drug-likeness (QED) is 0.609. The molecule has 0 saturated carbocycles. The number of nitriles is 1. The zero-order valence-corrected chi connectivity index (χ0v) is 17.0. The van der Waals surface area contributed by atoms with Crippen LogP contribution in [0.5, 0.6) is 0 Å². The molecule has 6 nitrogen and oxygen atoms in total. The van der Waals surface area contributed by atoms with Gasteiger partial charge in [0, 0.05) is 6.20 Å². The topological polar surface area (TPSA) is 84.0 Å². The van der Waals surface area contributed by atoms with Gasteiger partial charge in [0.1, 0.15) is 16.5 Å². The molecule has 0 bridgehead atoms. The smallest absolute Gasteiger partial charge is 0.423 e. The van der Waals surface area contributed by atoms with Crippen molar-refractivity contribution in [2.75, 3.05) is 0 Å². The molecule has 0 amide bonds. The Morgan fingerprint density at radius 3 is 2.93 bits per heavy atom. The third kappa shape index (κ3) is 4.62. The van der Waals surface area contributed by atoms with Gasteiger partial charge in [0.25, 0.3) is 0 Å². The maximum Gasteiger partial charge on any atom is 0.491 e. The number of aromatic nitrogens is 3. The van der Waals surface area contributed by atoms with Crippen LogP contribution in [-0.4, -0.2) is 26.9 Å². The highest BCUT2D eigenvalue weighted by molar-refractivity contribution is 9.10. The predicted molar refractivity (Wildman–Crippen MR) is 104 cm³/mol. The van der Waals surface area contributed by atoms with Crippen LogP contribution >= 0.6 is 27.3 Å². The van der Waals surface area contributed by atoms with E-state index in [2.05, 4.69) is 26.0 Å². The van der Waals surface area contributed by atoms with Crippen molar-refractivity contribution in [3.63, 3.8) is 0 Å². The van der Waals surface area contributed by atoms with E-state index >= 15 is 0 Å². The van der Waals surface area contributed by atoms with Crippen molar-refractivity contribution >= 4 is 39.8 Å². The maximum atomic E-state index is 12.7. The summed E-state index contributed by atoms with van der Waals surface area (Å²) in [6, 6.07) is 6.32. The summed E-state index contributed by atoms with van der Waals surface area (Å²) in [7, 11) is -0.893. The minimum absolute atomic E-state index is 0.217. The number of thiazole rings is 1. The largest absolute Gasteiger partial charge is 0.491 e. The Bertz CT molecular complexity index is 1000. The Hall–Kier alpha value is -2.06. The Morgan fingerprint density at radius 2 is 2.30 bits per heavy atom. The molecule has 10 heteroatoms. The van der Waals surface area contributed by atoms with E-state index in [1.165, 1.54) is 12.1 Å². The summed E-state index contributed by atoms with van der Waals surface area (Å²) in [6.07, 6.45) is 3.06. The van der Waals surface area contributed by atoms with E-state index in [1.807, 2.05) is 13.0 Å². The molecular formula is C17H15BBrFN4O2S. The summed E-state index contributed by atoms with van der Waals surface area (Å²) < 4.78 is 20.4. The first-order chi connectivity index (χ1) is 12.9. The van der Waals surface area contributed by atoms with E-state index in [9.17, 15) is 9.41 Å². The molecular weight excluding hydrogens is 434 g/mol. The summed E-state index contributed by atoms with van der Waals surface area (Å²) in [5.41, 5.74) is 1.98. The summed E-state index contributed by atoms with van der Waals surface area (Å²) in [6.45, 7) is 4.39. The third-order valence-electron chi connectivity index (χ3n) is 3.91. The predicted octanol–water partition coefficient (Wildman–Crippen LogP) is 2.93. The number of nitrogens with zero attached hydrogens (tertiary/aromatic N) is 4. The molecule has 1 aliphatic heterocycles. The number of rotatable bonds is 2. The molecule has 1 unspecified atom stereocenters. The molecule has 0 spiro atoms. The van der Waals surface area contributed by atoms with Gasteiger partial charge in [-0.1, -0.05) is 6.07 Å². The molecule has 4 rings (SSSR count). The summed E-state index contributed by atoms with van der Waals surface area (Å²) in [5.74, 6) is -0.293. The van der Waals surface area contributed by atoms with Gasteiger partial charge in [0.2, 0.25) is 0 Å². The van der Waals surface area contributed by atoms with Crippen LogP contribution in [0.3, 0.4) is 0 Å². The monoisotopic (exact) mass is 448 g/mol. The standard InChI is InChI=1S/C9H7BrN4S.C8H8BFO2/c1-6-13-9(10)8(15-6)5-14-4-7(2-11)3-12-14;1-5-7-4-6(10)2-3-8(7)9(11)12-5/h3-4H,5H2,1H3;2-5,11H,1H3. The van der Waals surface area contributed by atoms with Crippen molar-refractivity contribution < 1.29 is 14.1 Å². The number of benzene rings is 1. The first kappa shape index (κ1) is 19.7. The van der Waals surface area contributed by atoms with Crippen LogP contribution < -0.4 is 5.46 Å². The van der Waals surface area contributed by atoms with E-state index in [1.54, 1.807) is 41.4 Å². The van der Waals surface area contributed by atoms with Crippen molar-refractivity contribution in [2.45, 2.75) is 26.5 Å². The molecule has 3 heterocycles. The fourth-order valence-electron chi connectivity index (χ4n) is 2.66. The molecule has 0 radical (unpaired) electrons. The normalized spacial score (nSPS) is 15.1. The fourth-order valence-corrected chi connectivity index (χ4v) is 4.23. The minimum Gasteiger partial charge on any atom is -0.423 e. The maximum absolute atomic E-state index is 12.7. The first-order valence-electron chi connectivity index (χ1n) is 8.04. The zero-order valence-electron chi connectivity index (χ0n) is 14.6. The number of hydrogen-bond acceptors (Lipinski definition) is 6.